The van der Waals surface area contributed by atoms with Gasteiger partial charge >= 0.3 is 21.6 Å². The van der Waals surface area contributed by atoms with Crippen molar-refractivity contribution in [1.82, 2.24) is 0 Å². The van der Waals surface area contributed by atoms with Crippen LogP contribution in [0.1, 0.15) is 27.0 Å². The van der Waals surface area contributed by atoms with Crippen LogP contribution >= 0.6 is 15.6 Å². The van der Waals surface area contributed by atoms with Gasteiger partial charge in [-0.3, -0.25) is 19.6 Å². The van der Waals surface area contributed by atoms with Gasteiger partial charge in [-0.05, 0) is 30.3 Å². The average molecular weight is 478 g/mol. The van der Waals surface area contributed by atoms with Gasteiger partial charge in [-0.25, -0.2) is 13.9 Å². The second-order valence-corrected chi connectivity index (χ2v) is 9.16. The molecule has 166 valence electrons. The Balaban J connectivity index is 1.84. The minimum absolute atomic E-state index is 0.0831. The maximum Gasteiger partial charge on any atom is 0.524 e. The van der Waals surface area contributed by atoms with Crippen molar-refractivity contribution in [3.8, 4) is 11.5 Å². The van der Waals surface area contributed by atoms with E-state index in [4.69, 9.17) is 24.3 Å². The van der Waals surface area contributed by atoms with E-state index in [0.29, 0.717) is 22.3 Å². The van der Waals surface area contributed by atoms with Gasteiger partial charge in [0, 0.05) is 16.7 Å². The Bertz CT molecular complexity index is 1190. The number of phosphoric acid groups is 2. The Labute approximate surface area is 181 Å². The average Bonchev–Trinajstić information content (AvgIpc) is 3.01. The fraction of sp³-hybridized carbons (Fsp3) is 0.0500. The number of rotatable bonds is 6. The highest BCUT2D eigenvalue weighted by Crippen LogP contribution is 2.48. The van der Waals surface area contributed by atoms with E-state index in [9.17, 15) is 13.9 Å². The van der Waals surface area contributed by atoms with Crippen molar-refractivity contribution in [2.75, 3.05) is 0 Å². The highest BCUT2D eigenvalue weighted by molar-refractivity contribution is 7.47. The molecule has 1 aliphatic rings. The number of cyclic esters (lactones) is 1. The predicted octanol–water partition coefficient (Wildman–Crippen LogP) is 3.09. The Morgan fingerprint density at radius 2 is 1.12 bits per heavy atom. The van der Waals surface area contributed by atoms with Gasteiger partial charge in [0.25, 0.3) is 0 Å². The van der Waals surface area contributed by atoms with E-state index in [2.05, 4.69) is 9.05 Å². The first-order chi connectivity index (χ1) is 15.0. The minimum Gasteiger partial charge on any atom is -0.441 e. The molecule has 0 amide bonds. The number of carbonyl (C=O) groups is 1. The highest BCUT2D eigenvalue weighted by Gasteiger charge is 2.48. The molecule has 0 fully saturated rings. The zero-order valence-corrected chi connectivity index (χ0v) is 17.8. The predicted molar refractivity (Wildman–Crippen MR) is 110 cm³/mol. The molecule has 0 saturated carbocycles. The standard InChI is InChI=1S/C20H16O10P2/c21-19-17-3-1-2-4-18(17)20(28-19,13-5-9-15(10-6-13)29-31(22,23)24)14-7-11-16(12-8-14)30-32(25,26)27/h1-12H,(H2,22,23,24)(H2,25,26,27). The second kappa shape index (κ2) is 7.86. The Morgan fingerprint density at radius 3 is 1.56 bits per heavy atom. The van der Waals surface area contributed by atoms with Gasteiger partial charge in [0.1, 0.15) is 11.5 Å². The molecule has 0 spiro atoms. The van der Waals surface area contributed by atoms with Crippen LogP contribution < -0.4 is 9.05 Å². The van der Waals surface area contributed by atoms with Gasteiger partial charge < -0.3 is 13.8 Å². The summed E-state index contributed by atoms with van der Waals surface area (Å²) in [7, 11) is -9.50. The van der Waals surface area contributed by atoms with E-state index < -0.39 is 27.2 Å². The molecule has 0 bridgehead atoms. The summed E-state index contributed by atoms with van der Waals surface area (Å²) in [5.41, 5.74) is 0.348. The van der Waals surface area contributed by atoms with E-state index in [1.165, 1.54) is 48.5 Å². The monoisotopic (exact) mass is 478 g/mol. The van der Waals surface area contributed by atoms with E-state index in [1.54, 1.807) is 24.3 Å². The number of carbonyl (C=O) groups excluding carboxylic acids is 1. The molecule has 0 aromatic heterocycles. The number of phosphoric ester groups is 2. The first-order valence-electron chi connectivity index (χ1n) is 9.02. The van der Waals surface area contributed by atoms with Crippen molar-refractivity contribution in [2.45, 2.75) is 5.60 Å². The van der Waals surface area contributed by atoms with Gasteiger partial charge in [0.05, 0.1) is 5.56 Å². The topological polar surface area (TPSA) is 160 Å². The van der Waals surface area contributed by atoms with Crippen LogP contribution in [0.4, 0.5) is 0 Å². The van der Waals surface area contributed by atoms with E-state index in [0.717, 1.165) is 0 Å². The summed E-state index contributed by atoms with van der Waals surface area (Å²) >= 11 is 0. The van der Waals surface area contributed by atoms with Crippen molar-refractivity contribution < 1.29 is 47.3 Å². The van der Waals surface area contributed by atoms with Gasteiger partial charge in [-0.1, -0.05) is 42.5 Å². The van der Waals surface area contributed by atoms with Crippen molar-refractivity contribution in [2.24, 2.45) is 0 Å². The van der Waals surface area contributed by atoms with Crippen LogP contribution in [0.3, 0.4) is 0 Å². The maximum absolute atomic E-state index is 12.7. The third-order valence-electron chi connectivity index (χ3n) is 4.74. The molecule has 0 atom stereocenters. The minimum atomic E-state index is -4.75. The molecular formula is C20H16O10P2. The lowest BCUT2D eigenvalue weighted by Crippen LogP contribution is -2.29. The number of esters is 1. The molecule has 4 rings (SSSR count). The number of hydrogen-bond donors (Lipinski definition) is 4. The van der Waals surface area contributed by atoms with Crippen LogP contribution in [0.5, 0.6) is 11.5 Å². The molecule has 32 heavy (non-hydrogen) atoms. The first kappa shape index (κ1) is 22.2. The molecular weight excluding hydrogens is 462 g/mol. The largest absolute Gasteiger partial charge is 0.524 e. The van der Waals surface area contributed by atoms with Crippen molar-refractivity contribution >= 4 is 21.6 Å². The van der Waals surface area contributed by atoms with Crippen molar-refractivity contribution in [1.29, 1.82) is 0 Å². The maximum atomic E-state index is 12.7. The fourth-order valence-corrected chi connectivity index (χ4v) is 4.38. The number of ether oxygens (including phenoxy) is 1. The number of hydrogen-bond acceptors (Lipinski definition) is 6. The van der Waals surface area contributed by atoms with Gasteiger partial charge in [-0.2, -0.15) is 0 Å². The summed E-state index contributed by atoms with van der Waals surface area (Å²) in [5, 5.41) is 0. The zero-order valence-electron chi connectivity index (χ0n) is 16.1. The summed E-state index contributed by atoms with van der Waals surface area (Å²) < 4.78 is 37.2. The Kier molecular flexibility index (Phi) is 5.46. The van der Waals surface area contributed by atoms with Crippen LogP contribution in [-0.2, 0) is 19.5 Å². The van der Waals surface area contributed by atoms with Crippen LogP contribution in [0.2, 0.25) is 0 Å². The highest BCUT2D eigenvalue weighted by atomic mass is 31.2. The quantitative estimate of drug-likeness (QED) is 0.306. The van der Waals surface area contributed by atoms with Gasteiger partial charge in [0.15, 0.2) is 5.60 Å². The molecule has 10 nitrogen and oxygen atoms in total. The van der Waals surface area contributed by atoms with Crippen LogP contribution in [0, 0.1) is 0 Å². The molecule has 0 aliphatic carbocycles. The summed E-state index contributed by atoms with van der Waals surface area (Å²) in [4.78, 5) is 48.7. The SMILES string of the molecule is O=C1OC(c2ccc(OP(=O)(O)O)cc2)(c2ccc(OP(=O)(O)O)cc2)c2ccccc21. The fourth-order valence-electron chi connectivity index (χ4n) is 3.59. The first-order valence-corrected chi connectivity index (χ1v) is 12.1. The lowest BCUT2D eigenvalue weighted by atomic mass is 9.80. The zero-order chi connectivity index (χ0) is 23.1. The van der Waals surface area contributed by atoms with Crippen molar-refractivity contribution in [3.05, 3.63) is 95.1 Å². The Morgan fingerprint density at radius 1 is 0.688 bits per heavy atom. The molecule has 12 heteroatoms. The van der Waals surface area contributed by atoms with Gasteiger partial charge in [-0.15, -0.1) is 0 Å². The lowest BCUT2D eigenvalue weighted by Gasteiger charge is -2.30. The molecule has 3 aromatic rings. The van der Waals surface area contributed by atoms with E-state index in [1.807, 2.05) is 0 Å². The summed E-state index contributed by atoms with van der Waals surface area (Å²) in [6.45, 7) is 0. The van der Waals surface area contributed by atoms with Gasteiger partial charge in [0.2, 0.25) is 0 Å². The number of benzene rings is 3. The van der Waals surface area contributed by atoms with Crippen LogP contribution in [0.25, 0.3) is 0 Å². The summed E-state index contributed by atoms with van der Waals surface area (Å²) in [6.07, 6.45) is 0. The lowest BCUT2D eigenvalue weighted by molar-refractivity contribution is 0.0251. The normalized spacial score (nSPS) is 15.1. The molecule has 0 unspecified atom stereocenters. The second-order valence-electron chi connectivity index (χ2n) is 6.83. The smallest absolute Gasteiger partial charge is 0.441 e. The third-order valence-corrected chi connectivity index (χ3v) is 5.64. The summed E-state index contributed by atoms with van der Waals surface area (Å²) in [6, 6.07) is 18.0. The van der Waals surface area contributed by atoms with Crippen LogP contribution in [-0.4, -0.2) is 25.5 Å². The molecule has 1 aliphatic heterocycles. The molecule has 0 radical (unpaired) electrons. The molecule has 4 N–H and O–H groups in total. The van der Waals surface area contributed by atoms with Crippen molar-refractivity contribution in [3.63, 3.8) is 0 Å². The molecule has 1 heterocycles. The molecule has 3 aromatic carbocycles. The van der Waals surface area contributed by atoms with E-state index in [-0.39, 0.29) is 11.5 Å². The molecule has 0 saturated heterocycles. The van der Waals surface area contributed by atoms with E-state index >= 15 is 0 Å². The van der Waals surface area contributed by atoms with Crippen LogP contribution in [0.15, 0.2) is 72.8 Å². The third kappa shape index (κ3) is 4.33. The Hall–Kier alpha value is -2.97. The number of fused-ring (bicyclic) bond motifs is 1. The summed E-state index contributed by atoms with van der Waals surface area (Å²) in [5.74, 6) is -0.743.